The van der Waals surface area contributed by atoms with Gasteiger partial charge in [0.05, 0.1) is 0 Å². The van der Waals surface area contributed by atoms with Gasteiger partial charge in [0.25, 0.3) is 5.91 Å². The highest BCUT2D eigenvalue weighted by Gasteiger charge is 2.28. The van der Waals surface area contributed by atoms with Gasteiger partial charge in [-0.15, -0.1) is 0 Å². The third-order valence-corrected chi connectivity index (χ3v) is 5.96. The van der Waals surface area contributed by atoms with Gasteiger partial charge in [0.1, 0.15) is 12.1 Å². The fourth-order valence-electron chi connectivity index (χ4n) is 3.30. The van der Waals surface area contributed by atoms with Gasteiger partial charge in [0.2, 0.25) is 0 Å². The molecule has 1 atom stereocenters. The van der Waals surface area contributed by atoms with Gasteiger partial charge in [0.15, 0.2) is 5.76 Å². The molecule has 1 aliphatic rings. The summed E-state index contributed by atoms with van der Waals surface area (Å²) in [6, 6.07) is 3.88. The van der Waals surface area contributed by atoms with E-state index in [1.54, 1.807) is 12.5 Å². The van der Waals surface area contributed by atoms with Gasteiger partial charge in [-0.05, 0) is 44.1 Å². The van der Waals surface area contributed by atoms with Gasteiger partial charge < -0.3 is 9.32 Å². The van der Waals surface area contributed by atoms with Gasteiger partial charge in [0, 0.05) is 42.2 Å². The van der Waals surface area contributed by atoms with E-state index in [0.717, 1.165) is 47.9 Å². The van der Waals surface area contributed by atoms with Crippen LogP contribution >= 0.6 is 11.8 Å². The number of aromatic nitrogens is 2. The average Bonchev–Trinajstić information content (AvgIpc) is 3.06. The quantitative estimate of drug-likeness (QED) is 0.672. The minimum Gasteiger partial charge on any atom is -0.456 e. The highest BCUT2D eigenvalue weighted by Crippen LogP contribution is 2.27. The molecular weight excluding hydrogens is 346 g/mol. The van der Waals surface area contributed by atoms with Crippen molar-refractivity contribution in [1.82, 2.24) is 14.9 Å². The monoisotopic (exact) mass is 373 g/mol. The molecule has 0 unspecified atom stereocenters. The zero-order valence-corrected chi connectivity index (χ0v) is 16.4. The topological polar surface area (TPSA) is 59.2 Å². The van der Waals surface area contributed by atoms with Crippen molar-refractivity contribution in [3.05, 3.63) is 47.4 Å². The fourth-order valence-corrected chi connectivity index (χ4v) is 4.44. The fraction of sp³-hybridized carbons (Fsp3) is 0.550. The Morgan fingerprint density at radius 3 is 3.12 bits per heavy atom. The molecule has 3 heterocycles. The van der Waals surface area contributed by atoms with Crippen LogP contribution in [0, 0.1) is 6.92 Å². The summed E-state index contributed by atoms with van der Waals surface area (Å²) in [6.45, 7) is 5.62. The van der Waals surface area contributed by atoms with E-state index in [4.69, 9.17) is 4.42 Å². The first-order valence-electron chi connectivity index (χ1n) is 9.41. The van der Waals surface area contributed by atoms with E-state index in [2.05, 4.69) is 16.9 Å². The number of aryl methyl sites for hydroxylation is 1. The first-order chi connectivity index (χ1) is 12.7. The van der Waals surface area contributed by atoms with Crippen molar-refractivity contribution in [2.75, 3.05) is 18.8 Å². The zero-order valence-electron chi connectivity index (χ0n) is 15.6. The van der Waals surface area contributed by atoms with Crippen molar-refractivity contribution in [1.29, 1.82) is 0 Å². The highest BCUT2D eigenvalue weighted by atomic mass is 32.2. The third-order valence-electron chi connectivity index (χ3n) is 4.86. The molecule has 2 aromatic rings. The second-order valence-electron chi connectivity index (χ2n) is 6.82. The third kappa shape index (κ3) is 4.67. The summed E-state index contributed by atoms with van der Waals surface area (Å²) in [5, 5.41) is 0. The van der Waals surface area contributed by atoms with E-state index in [-0.39, 0.29) is 11.8 Å². The van der Waals surface area contributed by atoms with Crippen molar-refractivity contribution >= 4 is 17.7 Å². The lowest BCUT2D eigenvalue weighted by Crippen LogP contribution is -2.39. The molecular formula is C20H27N3O2S. The Kier molecular flexibility index (Phi) is 6.72. The minimum atomic E-state index is -0.00309. The molecule has 0 N–H and O–H groups in total. The van der Waals surface area contributed by atoms with Crippen molar-refractivity contribution in [2.45, 2.75) is 51.2 Å². The lowest BCUT2D eigenvalue weighted by Gasteiger charge is -2.31. The standard InChI is InChI=1S/C20H27N3O2S/c1-3-4-10-26-13-17-11-19(25-15(17)2)20(24)23-9-5-6-16(12-23)18-7-8-21-14-22-18/h7-8,11,14,16H,3-6,9-10,12-13H2,1-2H3/t16-/m0/s1. The maximum absolute atomic E-state index is 12.9. The molecule has 1 saturated heterocycles. The van der Waals surface area contributed by atoms with Crippen LogP contribution in [0.3, 0.4) is 0 Å². The van der Waals surface area contributed by atoms with Crippen molar-refractivity contribution in [3.8, 4) is 0 Å². The molecule has 0 spiro atoms. The molecule has 0 bridgehead atoms. The molecule has 6 heteroatoms. The number of nitrogens with zero attached hydrogens (tertiary/aromatic N) is 3. The van der Waals surface area contributed by atoms with Crippen LogP contribution in [0.5, 0.6) is 0 Å². The van der Waals surface area contributed by atoms with E-state index >= 15 is 0 Å². The van der Waals surface area contributed by atoms with Crippen molar-refractivity contribution in [2.24, 2.45) is 0 Å². The molecule has 2 aromatic heterocycles. The summed E-state index contributed by atoms with van der Waals surface area (Å²) in [6.07, 6.45) is 7.82. The molecule has 140 valence electrons. The maximum Gasteiger partial charge on any atom is 0.289 e. The lowest BCUT2D eigenvalue weighted by atomic mass is 9.94. The number of amides is 1. The molecule has 0 aliphatic carbocycles. The number of piperidine rings is 1. The number of likely N-dealkylation sites (tertiary alicyclic amines) is 1. The molecule has 0 saturated carbocycles. The molecule has 1 aliphatic heterocycles. The first kappa shape index (κ1) is 19.0. The smallest absolute Gasteiger partial charge is 0.289 e. The van der Waals surface area contributed by atoms with E-state index < -0.39 is 0 Å². The number of carbonyl (C=O) groups excluding carboxylic acids is 1. The number of thioether (sulfide) groups is 1. The molecule has 3 rings (SSSR count). The summed E-state index contributed by atoms with van der Waals surface area (Å²) in [5.74, 6) is 3.66. The van der Waals surface area contributed by atoms with Crippen molar-refractivity contribution in [3.63, 3.8) is 0 Å². The SMILES string of the molecule is CCCCSCc1cc(C(=O)N2CCC[C@H](c3ccncn3)C2)oc1C. The van der Waals surface area contributed by atoms with Crippen molar-refractivity contribution < 1.29 is 9.21 Å². The Hall–Kier alpha value is -1.82. The predicted molar refractivity (Wildman–Crippen MR) is 104 cm³/mol. The predicted octanol–water partition coefficient (Wildman–Crippen LogP) is 4.43. The van der Waals surface area contributed by atoms with Crippen LogP contribution < -0.4 is 0 Å². The van der Waals surface area contributed by atoms with Gasteiger partial charge in [-0.25, -0.2) is 9.97 Å². The van der Waals surface area contributed by atoms with E-state index in [0.29, 0.717) is 12.3 Å². The Morgan fingerprint density at radius 2 is 2.35 bits per heavy atom. The number of furan rings is 1. The summed E-state index contributed by atoms with van der Waals surface area (Å²) in [5.41, 5.74) is 2.15. The largest absolute Gasteiger partial charge is 0.456 e. The summed E-state index contributed by atoms with van der Waals surface area (Å²) in [7, 11) is 0. The first-order valence-corrected chi connectivity index (χ1v) is 10.6. The maximum atomic E-state index is 12.9. The Labute approximate surface area is 159 Å². The number of hydrogen-bond donors (Lipinski definition) is 0. The number of carbonyl (C=O) groups is 1. The van der Waals surface area contributed by atoms with Crippen LogP contribution in [0.25, 0.3) is 0 Å². The van der Waals surface area contributed by atoms with Crippen LogP contribution in [-0.4, -0.2) is 39.6 Å². The lowest BCUT2D eigenvalue weighted by molar-refractivity contribution is 0.0672. The van der Waals surface area contributed by atoms with E-state index in [9.17, 15) is 4.79 Å². The van der Waals surface area contributed by atoms with Gasteiger partial charge in [-0.3, -0.25) is 4.79 Å². The van der Waals surface area contributed by atoms with Gasteiger partial charge in [-0.1, -0.05) is 13.3 Å². The van der Waals surface area contributed by atoms with E-state index in [1.807, 2.05) is 35.7 Å². The van der Waals surface area contributed by atoms with Crippen LogP contribution in [-0.2, 0) is 5.75 Å². The Balaban J connectivity index is 1.63. The molecule has 1 amide bonds. The molecule has 0 radical (unpaired) electrons. The van der Waals surface area contributed by atoms with Gasteiger partial charge >= 0.3 is 0 Å². The Morgan fingerprint density at radius 1 is 1.46 bits per heavy atom. The van der Waals surface area contributed by atoms with Crippen LogP contribution in [0.4, 0.5) is 0 Å². The molecule has 0 aromatic carbocycles. The Bertz CT molecular complexity index is 717. The number of hydrogen-bond acceptors (Lipinski definition) is 5. The van der Waals surface area contributed by atoms with Crippen LogP contribution in [0.15, 0.2) is 29.1 Å². The minimum absolute atomic E-state index is 0.00309. The molecule has 5 nitrogen and oxygen atoms in total. The summed E-state index contributed by atoms with van der Waals surface area (Å²) in [4.78, 5) is 23.2. The molecule has 26 heavy (non-hydrogen) atoms. The average molecular weight is 374 g/mol. The second-order valence-corrected chi connectivity index (χ2v) is 7.93. The number of unbranched alkanes of at least 4 members (excludes halogenated alkanes) is 1. The van der Waals surface area contributed by atoms with Gasteiger partial charge in [-0.2, -0.15) is 11.8 Å². The molecule has 1 fully saturated rings. The van der Waals surface area contributed by atoms with E-state index in [1.165, 1.54) is 12.8 Å². The van der Waals surface area contributed by atoms with Crippen LogP contribution in [0.1, 0.15) is 66.1 Å². The van der Waals surface area contributed by atoms with Crippen LogP contribution in [0.2, 0.25) is 0 Å². The normalized spacial score (nSPS) is 17.5. The number of rotatable bonds is 7. The second kappa shape index (κ2) is 9.21. The highest BCUT2D eigenvalue weighted by molar-refractivity contribution is 7.98. The zero-order chi connectivity index (χ0) is 18.4. The summed E-state index contributed by atoms with van der Waals surface area (Å²) < 4.78 is 5.80. The summed E-state index contributed by atoms with van der Waals surface area (Å²) >= 11 is 1.90.